The Labute approximate surface area is 200 Å². The fourth-order valence-electron chi connectivity index (χ4n) is 3.56. The van der Waals surface area contributed by atoms with Crippen LogP contribution in [0.3, 0.4) is 0 Å². The second-order valence-corrected chi connectivity index (χ2v) is 10.2. The number of anilines is 1. The number of hydrogen-bond acceptors (Lipinski definition) is 7. The van der Waals surface area contributed by atoms with Gasteiger partial charge in [0.25, 0.3) is 10.0 Å². The van der Waals surface area contributed by atoms with E-state index in [1.807, 2.05) is 30.3 Å². The Kier molecular flexibility index (Phi) is 5.68. The summed E-state index contributed by atoms with van der Waals surface area (Å²) in [5.41, 5.74) is 2.27. The maximum absolute atomic E-state index is 13.2. The highest BCUT2D eigenvalue weighted by Crippen LogP contribution is 2.42. The summed E-state index contributed by atoms with van der Waals surface area (Å²) >= 11 is 1.14. The van der Waals surface area contributed by atoms with E-state index in [4.69, 9.17) is 0 Å². The molecular weight excluding hydrogens is 470 g/mol. The molecule has 0 aliphatic rings. The van der Waals surface area contributed by atoms with Crippen molar-refractivity contribution in [2.75, 3.05) is 4.72 Å². The number of sulfonamides is 1. The van der Waals surface area contributed by atoms with E-state index >= 15 is 0 Å². The van der Waals surface area contributed by atoms with E-state index < -0.39 is 10.0 Å². The van der Waals surface area contributed by atoms with Crippen molar-refractivity contribution >= 4 is 38.2 Å². The molecule has 0 saturated carbocycles. The van der Waals surface area contributed by atoms with Crippen LogP contribution in [0, 0.1) is 0 Å². The van der Waals surface area contributed by atoms with E-state index in [2.05, 4.69) is 20.2 Å². The summed E-state index contributed by atoms with van der Waals surface area (Å²) in [6.07, 6.45) is 0. The predicted molar refractivity (Wildman–Crippen MR) is 131 cm³/mol. The molecule has 0 radical (unpaired) electrons. The highest BCUT2D eigenvalue weighted by atomic mass is 32.2. The summed E-state index contributed by atoms with van der Waals surface area (Å²) < 4.78 is 30.6. The van der Waals surface area contributed by atoms with Gasteiger partial charge < -0.3 is 5.11 Å². The van der Waals surface area contributed by atoms with Gasteiger partial charge >= 0.3 is 0 Å². The van der Waals surface area contributed by atoms with Crippen LogP contribution in [-0.4, -0.2) is 33.7 Å². The average Bonchev–Trinajstić information content (AvgIpc) is 3.27. The summed E-state index contributed by atoms with van der Waals surface area (Å²) in [7, 11) is -2.21. The minimum absolute atomic E-state index is 0.0266. The number of phenols is 1. The molecule has 0 spiro atoms. The lowest BCUT2D eigenvalue weighted by Crippen LogP contribution is -2.13. The minimum Gasteiger partial charge on any atom is -0.506 e. The second kappa shape index (κ2) is 8.81. The molecule has 0 bridgehead atoms. The number of hydrogen-bond donors (Lipinski definition) is 2. The normalized spacial score (nSPS) is 11.6. The van der Waals surface area contributed by atoms with Crippen molar-refractivity contribution in [3.05, 3.63) is 84.9 Å². The van der Waals surface area contributed by atoms with Crippen LogP contribution in [0.25, 0.3) is 21.9 Å². The zero-order valence-electron chi connectivity index (χ0n) is 18.0. The van der Waals surface area contributed by atoms with Crippen molar-refractivity contribution < 1.29 is 13.5 Å². The van der Waals surface area contributed by atoms with Crippen LogP contribution in [0.15, 0.2) is 99.9 Å². The Morgan fingerprint density at radius 2 is 1.53 bits per heavy atom. The lowest BCUT2D eigenvalue weighted by atomic mass is 10.1. The third-order valence-electron chi connectivity index (χ3n) is 5.28. The van der Waals surface area contributed by atoms with E-state index in [9.17, 15) is 13.5 Å². The van der Waals surface area contributed by atoms with Gasteiger partial charge in [-0.1, -0.05) is 66.7 Å². The molecule has 8 nitrogen and oxygen atoms in total. The van der Waals surface area contributed by atoms with Gasteiger partial charge in [-0.05, 0) is 51.5 Å². The van der Waals surface area contributed by atoms with E-state index in [0.29, 0.717) is 26.5 Å². The van der Waals surface area contributed by atoms with E-state index in [1.54, 1.807) is 61.6 Å². The third-order valence-corrected chi connectivity index (χ3v) is 7.72. The summed E-state index contributed by atoms with van der Waals surface area (Å²) in [6, 6.07) is 25.1. The Balaban J connectivity index is 1.52. The molecule has 0 saturated heterocycles. The fourth-order valence-corrected chi connectivity index (χ4v) is 5.46. The molecule has 34 heavy (non-hydrogen) atoms. The minimum atomic E-state index is -3.89. The van der Waals surface area contributed by atoms with Gasteiger partial charge in [-0.3, -0.25) is 4.72 Å². The number of aryl methyl sites for hydroxylation is 1. The van der Waals surface area contributed by atoms with Crippen molar-refractivity contribution in [3.63, 3.8) is 0 Å². The molecule has 1 heterocycles. The van der Waals surface area contributed by atoms with Crippen molar-refractivity contribution in [2.24, 2.45) is 7.05 Å². The largest absolute Gasteiger partial charge is 0.506 e. The molecule has 170 valence electrons. The first-order valence-electron chi connectivity index (χ1n) is 10.3. The van der Waals surface area contributed by atoms with E-state index in [0.717, 1.165) is 22.9 Å². The first kappa shape index (κ1) is 21.9. The smallest absolute Gasteiger partial charge is 0.261 e. The molecule has 2 N–H and O–H groups in total. The number of nitrogens with zero attached hydrogens (tertiary/aromatic N) is 4. The Morgan fingerprint density at radius 3 is 2.21 bits per heavy atom. The zero-order valence-corrected chi connectivity index (χ0v) is 19.6. The topological polar surface area (TPSA) is 110 Å². The molecule has 0 atom stereocenters. The van der Waals surface area contributed by atoms with Crippen molar-refractivity contribution in [3.8, 4) is 16.9 Å². The summed E-state index contributed by atoms with van der Waals surface area (Å²) in [6.45, 7) is 0. The van der Waals surface area contributed by atoms with Gasteiger partial charge in [0.15, 0.2) is 0 Å². The first-order chi connectivity index (χ1) is 16.4. The fraction of sp³-hybridized carbons (Fsp3) is 0.0417. The van der Waals surface area contributed by atoms with Gasteiger partial charge in [0.2, 0.25) is 5.16 Å². The lowest BCUT2D eigenvalue weighted by Gasteiger charge is -2.15. The molecular formula is C24H19N5O3S2. The summed E-state index contributed by atoms with van der Waals surface area (Å²) in [5.74, 6) is 0.0266. The number of phenolic OH excluding ortho intramolecular Hbond substituents is 1. The van der Waals surface area contributed by atoms with Gasteiger partial charge in [0, 0.05) is 17.8 Å². The maximum atomic E-state index is 13.2. The number of aromatic nitrogens is 4. The lowest BCUT2D eigenvalue weighted by molar-refractivity contribution is 0.469. The highest BCUT2D eigenvalue weighted by molar-refractivity contribution is 7.99. The Hall–Kier alpha value is -3.89. The zero-order chi connectivity index (χ0) is 23.7. The number of rotatable bonds is 6. The summed E-state index contributed by atoms with van der Waals surface area (Å²) in [4.78, 5) is 0.560. The number of tetrazole rings is 1. The molecule has 0 fully saturated rings. The van der Waals surface area contributed by atoms with Crippen LogP contribution in [0.5, 0.6) is 5.75 Å². The number of benzene rings is 4. The molecule has 5 rings (SSSR count). The van der Waals surface area contributed by atoms with Crippen LogP contribution < -0.4 is 4.72 Å². The van der Waals surface area contributed by atoms with Crippen LogP contribution in [0.1, 0.15) is 0 Å². The first-order valence-corrected chi connectivity index (χ1v) is 12.6. The molecule has 0 aliphatic heterocycles. The predicted octanol–water partition coefficient (Wildman–Crippen LogP) is 4.69. The number of fused-ring (bicyclic) bond motifs is 1. The number of nitrogens with one attached hydrogen (secondary N) is 1. The van der Waals surface area contributed by atoms with Crippen LogP contribution in [-0.2, 0) is 17.1 Å². The second-order valence-electron chi connectivity index (χ2n) is 7.50. The monoisotopic (exact) mass is 489 g/mol. The van der Waals surface area contributed by atoms with Gasteiger partial charge in [-0.2, -0.15) is 0 Å². The van der Waals surface area contributed by atoms with Gasteiger partial charge in [0.1, 0.15) is 5.75 Å². The quantitative estimate of drug-likeness (QED) is 0.333. The maximum Gasteiger partial charge on any atom is 0.261 e. The SMILES string of the molecule is Cn1nnnc1Sc1cc(NS(=O)(=O)c2ccc(-c3ccccc3)cc2)c2ccccc2c1O. The number of aromatic hydroxyl groups is 1. The van der Waals surface area contributed by atoms with Gasteiger partial charge in [-0.15, -0.1) is 5.10 Å². The Morgan fingerprint density at radius 1 is 0.882 bits per heavy atom. The van der Waals surface area contributed by atoms with Crippen molar-refractivity contribution in [1.82, 2.24) is 20.2 Å². The molecule has 0 aliphatic carbocycles. The Bertz CT molecular complexity index is 1580. The van der Waals surface area contributed by atoms with Crippen molar-refractivity contribution in [2.45, 2.75) is 14.9 Å². The highest BCUT2D eigenvalue weighted by Gasteiger charge is 2.20. The molecule has 1 aromatic heterocycles. The van der Waals surface area contributed by atoms with Crippen LogP contribution >= 0.6 is 11.8 Å². The molecule has 0 amide bonds. The molecule has 10 heteroatoms. The van der Waals surface area contributed by atoms with E-state index in [1.165, 1.54) is 4.68 Å². The van der Waals surface area contributed by atoms with Gasteiger partial charge in [0.05, 0.1) is 15.5 Å². The molecule has 5 aromatic rings. The summed E-state index contributed by atoms with van der Waals surface area (Å²) in [5, 5.41) is 23.7. The third kappa shape index (κ3) is 4.20. The van der Waals surface area contributed by atoms with Crippen LogP contribution in [0.4, 0.5) is 5.69 Å². The van der Waals surface area contributed by atoms with Crippen LogP contribution in [0.2, 0.25) is 0 Å². The standard InChI is InChI=1S/C24H19N5O3S2/c1-29-24(25-27-28-29)33-22-15-21(19-9-5-6-10-20(19)23(22)30)26-34(31,32)18-13-11-17(12-14-18)16-7-3-2-4-8-16/h2-15,26,30H,1H3. The van der Waals surface area contributed by atoms with Crippen molar-refractivity contribution in [1.29, 1.82) is 0 Å². The molecule has 4 aromatic carbocycles. The molecule has 0 unspecified atom stereocenters. The van der Waals surface area contributed by atoms with Gasteiger partial charge in [-0.25, -0.2) is 13.1 Å². The average molecular weight is 490 g/mol. The van der Waals surface area contributed by atoms with E-state index in [-0.39, 0.29) is 10.6 Å².